The van der Waals surface area contributed by atoms with Crippen LogP contribution in [0.15, 0.2) is 18.6 Å². The first kappa shape index (κ1) is 15.4. The number of amides is 1. The molecule has 1 aliphatic carbocycles. The molecule has 2 aliphatic rings. The van der Waals surface area contributed by atoms with Crippen molar-refractivity contribution in [3.63, 3.8) is 0 Å². The van der Waals surface area contributed by atoms with Crippen LogP contribution < -0.4 is 0 Å². The van der Waals surface area contributed by atoms with Gasteiger partial charge in [-0.3, -0.25) is 14.8 Å². The SMILES string of the molecule is O=C(CC1(O)CCCCC1)N1CCC[C@@H](c2cnccn2)C1. The molecule has 1 amide bonds. The van der Waals surface area contributed by atoms with Gasteiger partial charge in [-0.1, -0.05) is 19.3 Å². The van der Waals surface area contributed by atoms with Crippen molar-refractivity contribution in [2.45, 2.75) is 62.9 Å². The van der Waals surface area contributed by atoms with E-state index in [1.807, 2.05) is 4.90 Å². The first-order valence-electron chi connectivity index (χ1n) is 8.42. The zero-order chi connectivity index (χ0) is 15.4. The highest BCUT2D eigenvalue weighted by Crippen LogP contribution is 2.32. The molecular formula is C17H25N3O2. The number of piperidine rings is 1. The molecule has 1 aromatic rings. The lowest BCUT2D eigenvalue weighted by molar-refractivity contribution is -0.139. The second-order valence-electron chi connectivity index (χ2n) is 6.77. The van der Waals surface area contributed by atoms with E-state index >= 15 is 0 Å². The Bertz CT molecular complexity index is 500. The molecule has 0 radical (unpaired) electrons. The van der Waals surface area contributed by atoms with Gasteiger partial charge in [-0.2, -0.15) is 0 Å². The van der Waals surface area contributed by atoms with Crippen molar-refractivity contribution >= 4 is 5.91 Å². The second kappa shape index (κ2) is 6.73. The Hall–Kier alpha value is -1.49. The summed E-state index contributed by atoms with van der Waals surface area (Å²) in [7, 11) is 0. The average Bonchev–Trinajstić information content (AvgIpc) is 2.56. The molecule has 120 valence electrons. The summed E-state index contributed by atoms with van der Waals surface area (Å²) in [6, 6.07) is 0. The van der Waals surface area contributed by atoms with Crippen molar-refractivity contribution < 1.29 is 9.90 Å². The molecule has 1 N–H and O–H groups in total. The highest BCUT2D eigenvalue weighted by atomic mass is 16.3. The Labute approximate surface area is 131 Å². The molecule has 0 unspecified atom stereocenters. The monoisotopic (exact) mass is 303 g/mol. The van der Waals surface area contributed by atoms with E-state index < -0.39 is 5.60 Å². The van der Waals surface area contributed by atoms with E-state index in [9.17, 15) is 9.90 Å². The molecule has 5 nitrogen and oxygen atoms in total. The number of nitrogens with zero attached hydrogens (tertiary/aromatic N) is 3. The van der Waals surface area contributed by atoms with Crippen LogP contribution >= 0.6 is 0 Å². The van der Waals surface area contributed by atoms with Crippen LogP contribution in [0, 0.1) is 0 Å². The topological polar surface area (TPSA) is 66.3 Å². The van der Waals surface area contributed by atoms with Gasteiger partial charge in [0.2, 0.25) is 5.91 Å². The minimum Gasteiger partial charge on any atom is -0.389 e. The van der Waals surface area contributed by atoms with Crippen molar-refractivity contribution in [1.29, 1.82) is 0 Å². The quantitative estimate of drug-likeness (QED) is 0.930. The summed E-state index contributed by atoms with van der Waals surface area (Å²) >= 11 is 0. The number of rotatable bonds is 3. The smallest absolute Gasteiger partial charge is 0.225 e. The normalized spacial score (nSPS) is 25.0. The maximum absolute atomic E-state index is 12.6. The van der Waals surface area contributed by atoms with Gasteiger partial charge in [0, 0.05) is 37.6 Å². The predicted molar refractivity (Wildman–Crippen MR) is 83.2 cm³/mol. The minimum atomic E-state index is -0.769. The first-order valence-corrected chi connectivity index (χ1v) is 8.42. The van der Waals surface area contributed by atoms with Crippen molar-refractivity contribution in [3.05, 3.63) is 24.3 Å². The molecule has 0 spiro atoms. The number of hydrogen-bond donors (Lipinski definition) is 1. The average molecular weight is 303 g/mol. The Morgan fingerprint density at radius 2 is 2.09 bits per heavy atom. The van der Waals surface area contributed by atoms with Crippen molar-refractivity contribution in [1.82, 2.24) is 14.9 Å². The minimum absolute atomic E-state index is 0.0954. The van der Waals surface area contributed by atoms with Crippen LogP contribution in [0.1, 0.15) is 63.0 Å². The third kappa shape index (κ3) is 3.64. The summed E-state index contributed by atoms with van der Waals surface area (Å²) in [6.45, 7) is 1.50. The molecule has 2 fully saturated rings. The first-order chi connectivity index (χ1) is 10.7. The van der Waals surface area contributed by atoms with Gasteiger partial charge in [0.15, 0.2) is 0 Å². The van der Waals surface area contributed by atoms with Gasteiger partial charge in [-0.15, -0.1) is 0 Å². The summed E-state index contributed by atoms with van der Waals surface area (Å²) in [6.07, 6.45) is 12.3. The van der Waals surface area contributed by atoms with E-state index in [4.69, 9.17) is 0 Å². The van der Waals surface area contributed by atoms with Crippen LogP contribution in [-0.4, -0.2) is 44.6 Å². The number of carbonyl (C=O) groups excluding carboxylic acids is 1. The number of aliphatic hydroxyl groups is 1. The molecule has 1 saturated carbocycles. The number of aromatic nitrogens is 2. The van der Waals surface area contributed by atoms with Crippen molar-refractivity contribution in [2.75, 3.05) is 13.1 Å². The molecule has 1 atom stereocenters. The maximum Gasteiger partial charge on any atom is 0.225 e. The summed E-state index contributed by atoms with van der Waals surface area (Å²) in [5.41, 5.74) is 0.200. The molecule has 0 bridgehead atoms. The van der Waals surface area contributed by atoms with Gasteiger partial charge in [0.05, 0.1) is 17.7 Å². The van der Waals surface area contributed by atoms with Crippen molar-refractivity contribution in [3.8, 4) is 0 Å². The van der Waals surface area contributed by atoms with Gasteiger partial charge in [-0.25, -0.2) is 0 Å². The largest absolute Gasteiger partial charge is 0.389 e. The lowest BCUT2D eigenvalue weighted by Gasteiger charge is -2.36. The fraction of sp³-hybridized carbons (Fsp3) is 0.706. The van der Waals surface area contributed by atoms with Gasteiger partial charge < -0.3 is 10.0 Å². The summed E-state index contributed by atoms with van der Waals surface area (Å²) in [5, 5.41) is 10.6. The molecular weight excluding hydrogens is 278 g/mol. The van der Waals surface area contributed by atoms with E-state index in [-0.39, 0.29) is 18.2 Å². The number of hydrogen-bond acceptors (Lipinski definition) is 4. The van der Waals surface area contributed by atoms with Gasteiger partial charge in [0.25, 0.3) is 0 Å². The Morgan fingerprint density at radius 1 is 1.27 bits per heavy atom. The fourth-order valence-corrected chi connectivity index (χ4v) is 3.75. The molecule has 0 aromatic carbocycles. The van der Waals surface area contributed by atoms with E-state index in [1.165, 1.54) is 6.42 Å². The van der Waals surface area contributed by atoms with E-state index in [0.717, 1.165) is 50.8 Å². The van der Waals surface area contributed by atoms with Crippen LogP contribution in [0.5, 0.6) is 0 Å². The molecule has 22 heavy (non-hydrogen) atoms. The van der Waals surface area contributed by atoms with E-state index in [1.54, 1.807) is 18.6 Å². The summed E-state index contributed by atoms with van der Waals surface area (Å²) in [5.74, 6) is 0.366. The maximum atomic E-state index is 12.6. The van der Waals surface area contributed by atoms with E-state index in [2.05, 4.69) is 9.97 Å². The molecule has 1 saturated heterocycles. The van der Waals surface area contributed by atoms with Gasteiger partial charge in [-0.05, 0) is 25.7 Å². The third-order valence-corrected chi connectivity index (χ3v) is 5.04. The molecule has 1 aromatic heterocycles. The van der Waals surface area contributed by atoms with Crippen LogP contribution in [0.4, 0.5) is 0 Å². The van der Waals surface area contributed by atoms with E-state index in [0.29, 0.717) is 6.54 Å². The molecule has 1 aliphatic heterocycles. The lowest BCUT2D eigenvalue weighted by Crippen LogP contribution is -2.44. The van der Waals surface area contributed by atoms with Crippen LogP contribution in [-0.2, 0) is 4.79 Å². The summed E-state index contributed by atoms with van der Waals surface area (Å²) < 4.78 is 0. The Morgan fingerprint density at radius 3 is 2.82 bits per heavy atom. The van der Waals surface area contributed by atoms with Gasteiger partial charge >= 0.3 is 0 Å². The molecule has 3 rings (SSSR count). The highest BCUT2D eigenvalue weighted by molar-refractivity contribution is 5.77. The Balaban J connectivity index is 1.60. The Kier molecular flexibility index (Phi) is 4.71. The predicted octanol–water partition coefficient (Wildman–Crippen LogP) is 2.27. The number of likely N-dealkylation sites (tertiary alicyclic amines) is 1. The molecule has 5 heteroatoms. The zero-order valence-corrected chi connectivity index (χ0v) is 13.1. The summed E-state index contributed by atoms with van der Waals surface area (Å²) in [4.78, 5) is 23.0. The van der Waals surface area contributed by atoms with Crippen LogP contribution in [0.2, 0.25) is 0 Å². The number of carbonyl (C=O) groups is 1. The third-order valence-electron chi connectivity index (χ3n) is 5.04. The molecule has 2 heterocycles. The van der Waals surface area contributed by atoms with Crippen LogP contribution in [0.25, 0.3) is 0 Å². The standard InChI is InChI=1S/C17H25N3O2/c21-16(11-17(22)6-2-1-3-7-17)20-10-4-5-14(13-20)15-12-18-8-9-19-15/h8-9,12,14,22H,1-7,10-11,13H2/t14-/m1/s1. The highest BCUT2D eigenvalue weighted by Gasteiger charge is 2.34. The second-order valence-corrected chi connectivity index (χ2v) is 6.77. The van der Waals surface area contributed by atoms with Gasteiger partial charge in [0.1, 0.15) is 0 Å². The fourth-order valence-electron chi connectivity index (χ4n) is 3.75. The van der Waals surface area contributed by atoms with Crippen LogP contribution in [0.3, 0.4) is 0 Å². The zero-order valence-electron chi connectivity index (χ0n) is 13.1. The lowest BCUT2D eigenvalue weighted by atomic mass is 9.82. The van der Waals surface area contributed by atoms with Crippen molar-refractivity contribution in [2.24, 2.45) is 0 Å².